The van der Waals surface area contributed by atoms with Crippen LogP contribution in [0, 0.1) is 13.8 Å². The number of amides is 1. The minimum Gasteiger partial charge on any atom is -0.361 e. The van der Waals surface area contributed by atoms with Gasteiger partial charge in [0.2, 0.25) is 0 Å². The van der Waals surface area contributed by atoms with Crippen LogP contribution in [0.3, 0.4) is 0 Å². The Morgan fingerprint density at radius 1 is 1.04 bits per heavy atom. The summed E-state index contributed by atoms with van der Waals surface area (Å²) in [6.45, 7) is 6.33. The number of carbonyl (C=O) groups is 1. The van der Waals surface area contributed by atoms with Gasteiger partial charge in [0.05, 0.1) is 0 Å². The number of hydrogen-bond acceptors (Lipinski definition) is 8. The minimum atomic E-state index is -0.104. The maximum Gasteiger partial charge on any atom is 0.276 e. The molecule has 0 atom stereocenters. The third-order valence-electron chi connectivity index (χ3n) is 4.56. The maximum atomic E-state index is 12.4. The van der Waals surface area contributed by atoms with E-state index in [4.69, 9.17) is 4.52 Å². The van der Waals surface area contributed by atoms with E-state index in [0.717, 1.165) is 17.2 Å². The van der Waals surface area contributed by atoms with E-state index < -0.39 is 0 Å². The van der Waals surface area contributed by atoms with E-state index in [0.29, 0.717) is 43.5 Å². The molecule has 3 aromatic heterocycles. The number of rotatable bonds is 4. The fraction of sp³-hybridized carbons (Fsp3) is 0.316. The van der Waals surface area contributed by atoms with Gasteiger partial charge < -0.3 is 19.6 Å². The molecule has 28 heavy (non-hydrogen) atoms. The van der Waals surface area contributed by atoms with E-state index in [1.54, 1.807) is 24.1 Å². The number of pyridine rings is 1. The van der Waals surface area contributed by atoms with E-state index in [1.807, 2.05) is 31.2 Å². The largest absolute Gasteiger partial charge is 0.361 e. The van der Waals surface area contributed by atoms with Crippen LogP contribution < -0.4 is 10.2 Å². The van der Waals surface area contributed by atoms with Gasteiger partial charge in [-0.3, -0.25) is 4.79 Å². The van der Waals surface area contributed by atoms with E-state index in [1.165, 1.54) is 0 Å². The molecule has 0 spiro atoms. The van der Waals surface area contributed by atoms with Gasteiger partial charge in [-0.05, 0) is 37.6 Å². The molecule has 144 valence electrons. The average Bonchev–Trinajstić information content (AvgIpc) is 3.16. The topological polar surface area (TPSA) is 100 Å². The molecular formula is C19H21N7O2. The van der Waals surface area contributed by atoms with Crippen LogP contribution in [-0.2, 0) is 0 Å². The molecular weight excluding hydrogens is 358 g/mol. The average molecular weight is 379 g/mol. The smallest absolute Gasteiger partial charge is 0.276 e. The van der Waals surface area contributed by atoms with Crippen LogP contribution in [0.5, 0.6) is 0 Å². The van der Waals surface area contributed by atoms with Gasteiger partial charge in [-0.1, -0.05) is 11.2 Å². The number of carbonyl (C=O) groups excluding carboxylic acids is 1. The Hall–Kier alpha value is -3.49. The highest BCUT2D eigenvalue weighted by molar-refractivity contribution is 5.92. The highest BCUT2D eigenvalue weighted by atomic mass is 16.5. The highest BCUT2D eigenvalue weighted by Gasteiger charge is 2.25. The molecule has 4 heterocycles. The molecule has 3 aromatic rings. The minimum absolute atomic E-state index is 0.104. The first-order valence-electron chi connectivity index (χ1n) is 9.09. The molecule has 0 unspecified atom stereocenters. The van der Waals surface area contributed by atoms with Crippen molar-refractivity contribution in [1.82, 2.24) is 25.2 Å². The number of nitrogens with zero attached hydrogens (tertiary/aromatic N) is 6. The third-order valence-corrected chi connectivity index (χ3v) is 4.56. The van der Waals surface area contributed by atoms with Gasteiger partial charge >= 0.3 is 0 Å². The van der Waals surface area contributed by atoms with Crippen molar-refractivity contribution in [2.45, 2.75) is 13.8 Å². The molecule has 1 aliphatic heterocycles. The molecule has 0 aliphatic carbocycles. The number of aryl methyl sites for hydroxylation is 2. The standard InChI is InChI=1S/C19H21N7O2/c1-13-3-4-16(20-12-13)21-17-5-6-18(23-22-17)25-7-9-26(10-8-25)19(27)15-11-14(2)28-24-15/h3-6,11-12H,7-10H2,1-2H3,(H,20,21,22). The molecule has 1 aliphatic rings. The Morgan fingerprint density at radius 2 is 1.82 bits per heavy atom. The summed E-state index contributed by atoms with van der Waals surface area (Å²) in [7, 11) is 0. The Labute approximate surface area is 162 Å². The predicted molar refractivity (Wildman–Crippen MR) is 104 cm³/mol. The van der Waals surface area contributed by atoms with E-state index in [9.17, 15) is 4.79 Å². The summed E-state index contributed by atoms with van der Waals surface area (Å²) < 4.78 is 4.99. The molecule has 9 heteroatoms. The molecule has 4 rings (SSSR count). The lowest BCUT2D eigenvalue weighted by Crippen LogP contribution is -2.49. The van der Waals surface area contributed by atoms with Gasteiger partial charge in [0.25, 0.3) is 5.91 Å². The molecule has 0 aromatic carbocycles. The van der Waals surface area contributed by atoms with E-state index >= 15 is 0 Å². The number of nitrogens with one attached hydrogen (secondary N) is 1. The summed E-state index contributed by atoms with van der Waals surface area (Å²) in [5, 5.41) is 15.5. The lowest BCUT2D eigenvalue weighted by atomic mass is 10.2. The summed E-state index contributed by atoms with van der Waals surface area (Å²) in [6, 6.07) is 9.34. The first kappa shape index (κ1) is 17.9. The van der Waals surface area contributed by atoms with E-state index in [2.05, 4.69) is 30.6 Å². The molecule has 1 N–H and O–H groups in total. The van der Waals surface area contributed by atoms with Crippen LogP contribution in [0.2, 0.25) is 0 Å². The Kier molecular flexibility index (Phi) is 4.88. The lowest BCUT2D eigenvalue weighted by molar-refractivity contribution is 0.0736. The fourth-order valence-electron chi connectivity index (χ4n) is 3.00. The summed E-state index contributed by atoms with van der Waals surface area (Å²) in [5.74, 6) is 2.67. The van der Waals surface area contributed by atoms with E-state index in [-0.39, 0.29) is 5.91 Å². The van der Waals surface area contributed by atoms with Crippen molar-refractivity contribution in [3.63, 3.8) is 0 Å². The van der Waals surface area contributed by atoms with Gasteiger partial charge in [0.15, 0.2) is 17.3 Å². The van der Waals surface area contributed by atoms with Crippen LogP contribution >= 0.6 is 0 Å². The van der Waals surface area contributed by atoms with Crippen molar-refractivity contribution in [2.75, 3.05) is 36.4 Å². The maximum absolute atomic E-state index is 12.4. The number of piperazine rings is 1. The van der Waals surface area contributed by atoms with Crippen LogP contribution in [0.15, 0.2) is 41.1 Å². The zero-order valence-electron chi connectivity index (χ0n) is 15.8. The summed E-state index contributed by atoms with van der Waals surface area (Å²) >= 11 is 0. The molecule has 1 amide bonds. The zero-order chi connectivity index (χ0) is 19.5. The van der Waals surface area contributed by atoms with Crippen LogP contribution in [-0.4, -0.2) is 57.3 Å². The Bertz CT molecular complexity index is 945. The summed E-state index contributed by atoms with van der Waals surface area (Å²) in [4.78, 5) is 20.6. The molecule has 0 radical (unpaired) electrons. The molecule has 9 nitrogen and oxygen atoms in total. The second-order valence-corrected chi connectivity index (χ2v) is 6.72. The number of anilines is 3. The molecule has 1 saturated heterocycles. The SMILES string of the molecule is Cc1ccc(Nc2ccc(N3CCN(C(=O)c4cc(C)on4)CC3)nn2)nc1. The van der Waals surface area contributed by atoms with Crippen molar-refractivity contribution in [1.29, 1.82) is 0 Å². The van der Waals surface area contributed by atoms with Crippen LogP contribution in [0.25, 0.3) is 0 Å². The number of aromatic nitrogens is 4. The third kappa shape index (κ3) is 3.93. The van der Waals surface area contributed by atoms with Crippen molar-refractivity contribution in [2.24, 2.45) is 0 Å². The second-order valence-electron chi connectivity index (χ2n) is 6.72. The summed E-state index contributed by atoms with van der Waals surface area (Å²) in [5.41, 5.74) is 1.45. The fourth-order valence-corrected chi connectivity index (χ4v) is 3.00. The van der Waals surface area contributed by atoms with Crippen molar-refractivity contribution >= 4 is 23.4 Å². The van der Waals surface area contributed by atoms with Gasteiger partial charge in [0, 0.05) is 38.4 Å². The van der Waals surface area contributed by atoms with Crippen LogP contribution in [0.4, 0.5) is 17.5 Å². The Balaban J connectivity index is 1.34. The lowest BCUT2D eigenvalue weighted by Gasteiger charge is -2.34. The highest BCUT2D eigenvalue weighted by Crippen LogP contribution is 2.17. The first-order valence-corrected chi connectivity index (χ1v) is 9.09. The molecule has 0 saturated carbocycles. The van der Waals surface area contributed by atoms with Crippen LogP contribution in [0.1, 0.15) is 21.8 Å². The van der Waals surface area contributed by atoms with Gasteiger partial charge in [-0.2, -0.15) is 0 Å². The van der Waals surface area contributed by atoms with Crippen molar-refractivity contribution in [3.05, 3.63) is 53.5 Å². The molecule has 1 fully saturated rings. The molecule has 0 bridgehead atoms. The number of hydrogen-bond donors (Lipinski definition) is 1. The predicted octanol–water partition coefficient (Wildman–Crippen LogP) is 2.18. The second kappa shape index (κ2) is 7.63. The van der Waals surface area contributed by atoms with Crippen molar-refractivity contribution < 1.29 is 9.32 Å². The Morgan fingerprint density at radius 3 is 2.43 bits per heavy atom. The van der Waals surface area contributed by atoms with Gasteiger partial charge in [-0.15, -0.1) is 10.2 Å². The monoisotopic (exact) mass is 379 g/mol. The quantitative estimate of drug-likeness (QED) is 0.736. The summed E-state index contributed by atoms with van der Waals surface area (Å²) in [6.07, 6.45) is 1.80. The van der Waals surface area contributed by atoms with Gasteiger partial charge in [0.1, 0.15) is 11.6 Å². The normalized spacial score (nSPS) is 14.2. The first-order chi connectivity index (χ1) is 13.6. The van der Waals surface area contributed by atoms with Gasteiger partial charge in [-0.25, -0.2) is 4.98 Å². The zero-order valence-corrected chi connectivity index (χ0v) is 15.8. The van der Waals surface area contributed by atoms with Crippen molar-refractivity contribution in [3.8, 4) is 0 Å².